The monoisotopic (exact) mass is 365 g/mol. The molecule has 0 aliphatic carbocycles. The number of aryl methyl sites for hydroxylation is 1. The van der Waals surface area contributed by atoms with Crippen molar-refractivity contribution < 1.29 is 13.9 Å². The second-order valence-corrected chi connectivity index (χ2v) is 6.35. The van der Waals surface area contributed by atoms with Crippen LogP contribution in [0.25, 0.3) is 0 Å². The third-order valence-electron chi connectivity index (χ3n) is 4.55. The van der Waals surface area contributed by atoms with Gasteiger partial charge in [0.15, 0.2) is 0 Å². The number of hydrogen-bond donors (Lipinski definition) is 1. The summed E-state index contributed by atoms with van der Waals surface area (Å²) in [5.41, 5.74) is 1.33. The Hall–Kier alpha value is -3.42. The standard InChI is InChI=1S/C19H19N5O3/c1-11-4-9-15(27-11)17-16(12(2)22-19-20-10-21-24(17)19)18(25)23-13-5-7-14(26-3)8-6-13/h4-10,16-17H,1-3H3,(H,23,25). The van der Waals surface area contributed by atoms with Crippen LogP contribution in [0.2, 0.25) is 0 Å². The minimum Gasteiger partial charge on any atom is -0.497 e. The molecule has 1 aliphatic heterocycles. The third-order valence-corrected chi connectivity index (χ3v) is 4.55. The molecule has 1 amide bonds. The lowest BCUT2D eigenvalue weighted by Gasteiger charge is -2.28. The summed E-state index contributed by atoms with van der Waals surface area (Å²) in [7, 11) is 1.60. The number of anilines is 1. The van der Waals surface area contributed by atoms with Crippen LogP contribution in [0.5, 0.6) is 5.75 Å². The van der Waals surface area contributed by atoms with Crippen molar-refractivity contribution in [2.24, 2.45) is 10.9 Å². The first-order valence-electron chi connectivity index (χ1n) is 8.53. The first-order chi connectivity index (χ1) is 13.1. The largest absolute Gasteiger partial charge is 0.497 e. The summed E-state index contributed by atoms with van der Waals surface area (Å²) in [5.74, 6) is 1.82. The molecular weight excluding hydrogens is 346 g/mol. The highest BCUT2D eigenvalue weighted by Gasteiger charge is 2.40. The summed E-state index contributed by atoms with van der Waals surface area (Å²) in [6.45, 7) is 3.68. The normalized spacial score (nSPS) is 18.6. The zero-order chi connectivity index (χ0) is 19.0. The van der Waals surface area contributed by atoms with E-state index in [0.29, 0.717) is 23.1 Å². The number of furan rings is 1. The molecule has 0 radical (unpaired) electrons. The van der Waals surface area contributed by atoms with E-state index in [2.05, 4.69) is 20.4 Å². The van der Waals surface area contributed by atoms with Crippen LogP contribution < -0.4 is 10.1 Å². The maximum atomic E-state index is 13.1. The highest BCUT2D eigenvalue weighted by Crippen LogP contribution is 2.36. The van der Waals surface area contributed by atoms with Crippen LogP contribution >= 0.6 is 0 Å². The average molecular weight is 365 g/mol. The van der Waals surface area contributed by atoms with E-state index in [9.17, 15) is 4.79 Å². The molecule has 4 rings (SSSR count). The van der Waals surface area contributed by atoms with Gasteiger partial charge in [0, 0.05) is 11.4 Å². The summed E-state index contributed by atoms with van der Waals surface area (Å²) in [6, 6.07) is 10.4. The molecule has 2 atom stereocenters. The highest BCUT2D eigenvalue weighted by molar-refractivity contribution is 6.10. The molecule has 2 unspecified atom stereocenters. The molecule has 3 aromatic rings. The van der Waals surface area contributed by atoms with Gasteiger partial charge in [0.1, 0.15) is 35.6 Å². The van der Waals surface area contributed by atoms with E-state index >= 15 is 0 Å². The Morgan fingerprint density at radius 2 is 1.96 bits per heavy atom. The fraction of sp³-hybridized carbons (Fsp3) is 0.263. The van der Waals surface area contributed by atoms with Crippen LogP contribution in [0.4, 0.5) is 11.6 Å². The van der Waals surface area contributed by atoms with Gasteiger partial charge in [-0.15, -0.1) is 0 Å². The lowest BCUT2D eigenvalue weighted by Crippen LogP contribution is -2.38. The number of aromatic nitrogens is 3. The first kappa shape index (κ1) is 17.0. The zero-order valence-corrected chi connectivity index (χ0v) is 15.2. The molecule has 2 aromatic heterocycles. The minimum absolute atomic E-state index is 0.193. The lowest BCUT2D eigenvalue weighted by atomic mass is 9.91. The van der Waals surface area contributed by atoms with Crippen molar-refractivity contribution in [3.8, 4) is 5.75 Å². The van der Waals surface area contributed by atoms with Gasteiger partial charge in [-0.1, -0.05) is 0 Å². The Labute approximate surface area is 155 Å². The SMILES string of the molecule is COc1ccc(NC(=O)C2C(C)=Nc3ncnn3C2c2ccc(C)o2)cc1. The van der Waals surface area contributed by atoms with Crippen LogP contribution in [0, 0.1) is 12.8 Å². The van der Waals surface area contributed by atoms with E-state index in [1.54, 1.807) is 36.1 Å². The van der Waals surface area contributed by atoms with E-state index in [0.717, 1.165) is 11.5 Å². The Kier molecular flexibility index (Phi) is 4.23. The fourth-order valence-electron chi connectivity index (χ4n) is 3.24. The number of nitrogens with zero attached hydrogens (tertiary/aromatic N) is 4. The number of fused-ring (bicyclic) bond motifs is 1. The predicted octanol–water partition coefficient (Wildman–Crippen LogP) is 3.14. The van der Waals surface area contributed by atoms with Crippen molar-refractivity contribution >= 4 is 23.3 Å². The second-order valence-electron chi connectivity index (χ2n) is 6.35. The van der Waals surface area contributed by atoms with Crippen LogP contribution in [0.1, 0.15) is 24.5 Å². The Morgan fingerprint density at radius 1 is 1.19 bits per heavy atom. The summed E-state index contributed by atoms with van der Waals surface area (Å²) in [4.78, 5) is 21.7. The topological polar surface area (TPSA) is 94.5 Å². The lowest BCUT2D eigenvalue weighted by molar-refractivity contribution is -0.119. The molecule has 1 aliphatic rings. The second kappa shape index (κ2) is 6.71. The van der Waals surface area contributed by atoms with Crippen molar-refractivity contribution in [2.75, 3.05) is 12.4 Å². The zero-order valence-electron chi connectivity index (χ0n) is 15.2. The van der Waals surface area contributed by atoms with Crippen LogP contribution in [0.3, 0.4) is 0 Å². The number of carbonyl (C=O) groups is 1. The summed E-state index contributed by atoms with van der Waals surface area (Å²) < 4.78 is 12.6. The van der Waals surface area contributed by atoms with E-state index in [1.807, 2.05) is 26.0 Å². The van der Waals surface area contributed by atoms with Crippen molar-refractivity contribution in [1.82, 2.24) is 14.8 Å². The number of carbonyl (C=O) groups excluding carboxylic acids is 1. The first-order valence-corrected chi connectivity index (χ1v) is 8.53. The number of nitrogens with one attached hydrogen (secondary N) is 1. The molecule has 0 spiro atoms. The molecule has 0 fully saturated rings. The van der Waals surface area contributed by atoms with Gasteiger partial charge in [-0.05, 0) is 50.2 Å². The summed E-state index contributed by atoms with van der Waals surface area (Å²) in [6.07, 6.45) is 1.43. The number of amides is 1. The molecule has 1 aromatic carbocycles. The van der Waals surface area contributed by atoms with E-state index in [1.165, 1.54) is 6.33 Å². The van der Waals surface area contributed by atoms with Crippen molar-refractivity contribution in [2.45, 2.75) is 19.9 Å². The quantitative estimate of drug-likeness (QED) is 0.766. The Balaban J connectivity index is 1.68. The van der Waals surface area contributed by atoms with Gasteiger partial charge in [0.2, 0.25) is 11.9 Å². The molecule has 8 nitrogen and oxygen atoms in total. The van der Waals surface area contributed by atoms with E-state index in [-0.39, 0.29) is 5.91 Å². The number of methoxy groups -OCH3 is 1. The summed E-state index contributed by atoms with van der Waals surface area (Å²) in [5, 5.41) is 7.21. The van der Waals surface area contributed by atoms with Crippen LogP contribution in [-0.4, -0.2) is 33.5 Å². The van der Waals surface area contributed by atoms with Gasteiger partial charge in [0.25, 0.3) is 0 Å². The third kappa shape index (κ3) is 3.10. The van der Waals surface area contributed by atoms with Crippen molar-refractivity contribution in [3.05, 3.63) is 54.2 Å². The van der Waals surface area contributed by atoms with Crippen LogP contribution in [0.15, 0.2) is 52.1 Å². The molecular formula is C19H19N5O3. The van der Waals surface area contributed by atoms with Crippen LogP contribution in [-0.2, 0) is 4.79 Å². The molecule has 27 heavy (non-hydrogen) atoms. The highest BCUT2D eigenvalue weighted by atomic mass is 16.5. The fourth-order valence-corrected chi connectivity index (χ4v) is 3.24. The van der Waals surface area contributed by atoms with E-state index in [4.69, 9.17) is 9.15 Å². The van der Waals surface area contributed by atoms with Crippen molar-refractivity contribution in [1.29, 1.82) is 0 Å². The van der Waals surface area contributed by atoms with Gasteiger partial charge in [0.05, 0.1) is 7.11 Å². The Bertz CT molecular complexity index is 1000. The van der Waals surface area contributed by atoms with Gasteiger partial charge < -0.3 is 14.5 Å². The van der Waals surface area contributed by atoms with Crippen molar-refractivity contribution in [3.63, 3.8) is 0 Å². The van der Waals surface area contributed by atoms with Gasteiger partial charge in [-0.2, -0.15) is 10.1 Å². The molecule has 3 heterocycles. The minimum atomic E-state index is -0.577. The van der Waals surface area contributed by atoms with Gasteiger partial charge in [-0.25, -0.2) is 9.67 Å². The van der Waals surface area contributed by atoms with Gasteiger partial charge in [-0.3, -0.25) is 4.79 Å². The average Bonchev–Trinajstić information content (AvgIpc) is 3.29. The molecule has 1 N–H and O–H groups in total. The predicted molar refractivity (Wildman–Crippen MR) is 99.5 cm³/mol. The number of benzene rings is 1. The number of rotatable bonds is 4. The summed E-state index contributed by atoms with van der Waals surface area (Å²) >= 11 is 0. The molecule has 138 valence electrons. The smallest absolute Gasteiger partial charge is 0.248 e. The van der Waals surface area contributed by atoms with Gasteiger partial charge >= 0.3 is 0 Å². The molecule has 0 bridgehead atoms. The Morgan fingerprint density at radius 3 is 2.63 bits per heavy atom. The van der Waals surface area contributed by atoms with E-state index < -0.39 is 12.0 Å². The molecule has 0 saturated heterocycles. The maximum absolute atomic E-state index is 13.1. The maximum Gasteiger partial charge on any atom is 0.248 e. The number of aliphatic imine (C=N–C) groups is 1. The number of ether oxygens (including phenoxy) is 1. The number of hydrogen-bond acceptors (Lipinski definition) is 6. The molecule has 8 heteroatoms. The molecule has 0 saturated carbocycles.